The molecule has 0 aliphatic rings. The summed E-state index contributed by atoms with van der Waals surface area (Å²) in [6.07, 6.45) is 0. The third-order valence-electron chi connectivity index (χ3n) is 1.76. The van der Waals surface area contributed by atoms with Gasteiger partial charge in [-0.1, -0.05) is 6.07 Å². The van der Waals surface area contributed by atoms with Gasteiger partial charge >= 0.3 is 0 Å². The number of hydrogen-bond acceptors (Lipinski definition) is 2. The van der Waals surface area contributed by atoms with Gasteiger partial charge in [0.15, 0.2) is 0 Å². The molecule has 3 nitrogen and oxygen atoms in total. The van der Waals surface area contributed by atoms with E-state index in [4.69, 9.17) is 11.6 Å². The van der Waals surface area contributed by atoms with E-state index in [9.17, 15) is 14.3 Å². The molecule has 1 rings (SSSR count). The average molecular weight is 232 g/mol. The predicted octanol–water partition coefficient (Wildman–Crippen LogP) is 1.89. The van der Waals surface area contributed by atoms with Gasteiger partial charge in [0.1, 0.15) is 17.1 Å². The van der Waals surface area contributed by atoms with E-state index >= 15 is 0 Å². The molecule has 5 heteroatoms. The molecule has 1 aromatic carbocycles. The van der Waals surface area contributed by atoms with Crippen LogP contribution in [-0.4, -0.2) is 22.9 Å². The summed E-state index contributed by atoms with van der Waals surface area (Å²) >= 11 is 5.62. The number of nitrogens with one attached hydrogen (secondary N) is 1. The Kier molecular flexibility index (Phi) is 3.91. The van der Waals surface area contributed by atoms with E-state index in [0.29, 0.717) is 0 Å². The number of hydrogen-bond donors (Lipinski definition) is 2. The highest BCUT2D eigenvalue weighted by Crippen LogP contribution is 2.19. The number of rotatable bonds is 3. The smallest absolute Gasteiger partial charge is 0.258 e. The maximum atomic E-state index is 13.2. The van der Waals surface area contributed by atoms with Crippen molar-refractivity contribution in [2.75, 3.05) is 6.54 Å². The fourth-order valence-corrected chi connectivity index (χ4v) is 1.14. The molecule has 82 valence electrons. The summed E-state index contributed by atoms with van der Waals surface area (Å²) in [4.78, 5) is 11.4. The van der Waals surface area contributed by atoms with Crippen molar-refractivity contribution < 1.29 is 14.3 Å². The molecule has 0 aliphatic heterocycles. The van der Waals surface area contributed by atoms with E-state index in [1.807, 2.05) is 0 Å². The van der Waals surface area contributed by atoms with Crippen LogP contribution < -0.4 is 5.32 Å². The van der Waals surface area contributed by atoms with Crippen molar-refractivity contribution in [3.05, 3.63) is 29.6 Å². The minimum absolute atomic E-state index is 0.216. The Morgan fingerprint density at radius 1 is 1.67 bits per heavy atom. The molecular formula is C10H11ClFNO2. The van der Waals surface area contributed by atoms with Crippen LogP contribution in [0.4, 0.5) is 4.39 Å². The SMILES string of the molecule is CC(Cl)CNC(=O)c1c(O)cccc1F. The van der Waals surface area contributed by atoms with Gasteiger partial charge in [-0.15, -0.1) is 11.6 Å². The van der Waals surface area contributed by atoms with Gasteiger partial charge in [0, 0.05) is 11.9 Å². The first-order chi connectivity index (χ1) is 7.02. The lowest BCUT2D eigenvalue weighted by Crippen LogP contribution is -2.29. The van der Waals surface area contributed by atoms with Gasteiger partial charge in [-0.3, -0.25) is 4.79 Å². The summed E-state index contributed by atoms with van der Waals surface area (Å²) in [6, 6.07) is 3.69. The van der Waals surface area contributed by atoms with Crippen LogP contribution >= 0.6 is 11.6 Å². The molecular weight excluding hydrogens is 221 g/mol. The number of aromatic hydroxyl groups is 1. The van der Waals surface area contributed by atoms with Crippen molar-refractivity contribution >= 4 is 17.5 Å². The molecule has 0 heterocycles. The summed E-state index contributed by atoms with van der Waals surface area (Å²) in [7, 11) is 0. The quantitative estimate of drug-likeness (QED) is 0.781. The van der Waals surface area contributed by atoms with Crippen molar-refractivity contribution in [1.82, 2.24) is 5.32 Å². The molecule has 1 atom stereocenters. The molecule has 0 saturated carbocycles. The molecule has 1 aromatic rings. The number of amides is 1. The van der Waals surface area contributed by atoms with E-state index in [1.54, 1.807) is 6.92 Å². The van der Waals surface area contributed by atoms with Crippen LogP contribution in [0.15, 0.2) is 18.2 Å². The lowest BCUT2D eigenvalue weighted by Gasteiger charge is -2.08. The monoisotopic (exact) mass is 231 g/mol. The Labute approximate surface area is 91.9 Å². The van der Waals surface area contributed by atoms with E-state index in [2.05, 4.69) is 5.32 Å². The van der Waals surface area contributed by atoms with Gasteiger partial charge in [-0.25, -0.2) is 4.39 Å². The standard InChI is InChI=1S/C10H11ClFNO2/c1-6(11)5-13-10(15)9-7(12)3-2-4-8(9)14/h2-4,6,14H,5H2,1H3,(H,13,15). The number of carbonyl (C=O) groups excluding carboxylic acids is 1. The molecule has 0 saturated heterocycles. The zero-order valence-electron chi connectivity index (χ0n) is 8.13. The second-order valence-corrected chi connectivity index (χ2v) is 3.87. The van der Waals surface area contributed by atoms with Crippen LogP contribution in [0, 0.1) is 5.82 Å². The number of alkyl halides is 1. The van der Waals surface area contributed by atoms with Crippen LogP contribution in [0.2, 0.25) is 0 Å². The van der Waals surface area contributed by atoms with Gasteiger partial charge in [0.25, 0.3) is 5.91 Å². The van der Waals surface area contributed by atoms with Gasteiger partial charge in [-0.2, -0.15) is 0 Å². The normalized spacial score (nSPS) is 12.2. The molecule has 0 aliphatic carbocycles. The summed E-state index contributed by atoms with van der Waals surface area (Å²) in [5.74, 6) is -1.80. The van der Waals surface area contributed by atoms with Crippen molar-refractivity contribution in [2.24, 2.45) is 0 Å². The molecule has 1 amide bonds. The number of benzene rings is 1. The van der Waals surface area contributed by atoms with Gasteiger partial charge in [-0.05, 0) is 19.1 Å². The fraction of sp³-hybridized carbons (Fsp3) is 0.300. The molecule has 0 radical (unpaired) electrons. The van der Waals surface area contributed by atoms with Crippen LogP contribution in [0.5, 0.6) is 5.75 Å². The first-order valence-electron chi connectivity index (χ1n) is 4.42. The van der Waals surface area contributed by atoms with Crippen LogP contribution in [0.1, 0.15) is 17.3 Å². The number of phenolic OH excluding ortho intramolecular Hbond substituents is 1. The summed E-state index contributed by atoms with van der Waals surface area (Å²) in [5.41, 5.74) is -0.352. The summed E-state index contributed by atoms with van der Waals surface area (Å²) < 4.78 is 13.2. The fourth-order valence-electron chi connectivity index (χ4n) is 1.06. The van der Waals surface area contributed by atoms with E-state index in [1.165, 1.54) is 12.1 Å². The lowest BCUT2D eigenvalue weighted by molar-refractivity contribution is 0.0947. The van der Waals surface area contributed by atoms with E-state index in [0.717, 1.165) is 6.07 Å². The highest BCUT2D eigenvalue weighted by Gasteiger charge is 2.16. The molecule has 0 aromatic heterocycles. The third-order valence-corrected chi connectivity index (χ3v) is 1.92. The molecule has 2 N–H and O–H groups in total. The van der Waals surface area contributed by atoms with Crippen LogP contribution in [-0.2, 0) is 0 Å². The zero-order chi connectivity index (χ0) is 11.4. The Morgan fingerprint density at radius 3 is 2.87 bits per heavy atom. The number of carbonyl (C=O) groups is 1. The first-order valence-corrected chi connectivity index (χ1v) is 4.85. The average Bonchev–Trinajstić information content (AvgIpc) is 2.14. The van der Waals surface area contributed by atoms with Gasteiger partial charge < -0.3 is 10.4 Å². The highest BCUT2D eigenvalue weighted by atomic mass is 35.5. The molecule has 0 spiro atoms. The van der Waals surface area contributed by atoms with Crippen molar-refractivity contribution in [3.8, 4) is 5.75 Å². The van der Waals surface area contributed by atoms with Crippen molar-refractivity contribution in [2.45, 2.75) is 12.3 Å². The highest BCUT2D eigenvalue weighted by molar-refractivity contribution is 6.20. The molecule has 0 bridgehead atoms. The van der Waals surface area contributed by atoms with Crippen LogP contribution in [0.25, 0.3) is 0 Å². The minimum atomic E-state index is -0.755. The Balaban J connectivity index is 2.82. The largest absolute Gasteiger partial charge is 0.507 e. The lowest BCUT2D eigenvalue weighted by atomic mass is 10.1. The minimum Gasteiger partial charge on any atom is -0.507 e. The Morgan fingerprint density at radius 2 is 2.33 bits per heavy atom. The molecule has 15 heavy (non-hydrogen) atoms. The maximum absolute atomic E-state index is 13.2. The Hall–Kier alpha value is -1.29. The topological polar surface area (TPSA) is 49.3 Å². The maximum Gasteiger partial charge on any atom is 0.258 e. The number of halogens is 2. The predicted molar refractivity (Wildman–Crippen MR) is 55.7 cm³/mol. The van der Waals surface area contributed by atoms with Gasteiger partial charge in [0.2, 0.25) is 0 Å². The second-order valence-electron chi connectivity index (χ2n) is 3.12. The molecule has 1 unspecified atom stereocenters. The Bertz CT molecular complexity index is 348. The van der Waals surface area contributed by atoms with Crippen LogP contribution in [0.3, 0.4) is 0 Å². The van der Waals surface area contributed by atoms with E-state index < -0.39 is 11.7 Å². The number of phenols is 1. The van der Waals surface area contributed by atoms with Crippen molar-refractivity contribution in [1.29, 1.82) is 0 Å². The first kappa shape index (κ1) is 11.8. The molecule has 0 fully saturated rings. The van der Waals surface area contributed by atoms with Gasteiger partial charge in [0.05, 0.1) is 0 Å². The summed E-state index contributed by atoms with van der Waals surface area (Å²) in [6.45, 7) is 1.91. The second kappa shape index (κ2) is 4.98. The summed E-state index contributed by atoms with van der Waals surface area (Å²) in [5, 5.41) is 11.5. The third kappa shape index (κ3) is 3.09. The zero-order valence-corrected chi connectivity index (χ0v) is 8.88. The van der Waals surface area contributed by atoms with E-state index in [-0.39, 0.29) is 23.2 Å². The van der Waals surface area contributed by atoms with Crippen molar-refractivity contribution in [3.63, 3.8) is 0 Å².